The summed E-state index contributed by atoms with van der Waals surface area (Å²) in [6.45, 7) is 6.15. The van der Waals surface area contributed by atoms with E-state index in [-0.39, 0.29) is 24.2 Å². The summed E-state index contributed by atoms with van der Waals surface area (Å²) in [6.07, 6.45) is 0.998. The lowest BCUT2D eigenvalue weighted by atomic mass is 10.1. The Kier molecular flexibility index (Phi) is 3.48. The van der Waals surface area contributed by atoms with Crippen LogP contribution in [0.2, 0.25) is 0 Å². The third kappa shape index (κ3) is 2.20. The highest BCUT2D eigenvalue weighted by atomic mass is 16.2. The van der Waals surface area contributed by atoms with Crippen LogP contribution in [0.1, 0.15) is 38.9 Å². The van der Waals surface area contributed by atoms with E-state index >= 15 is 0 Å². The molecule has 1 aliphatic rings. The molecule has 92 valence electrons. The summed E-state index contributed by atoms with van der Waals surface area (Å²) >= 11 is 0. The molecule has 1 aromatic rings. The predicted molar refractivity (Wildman–Crippen MR) is 68.4 cm³/mol. The van der Waals surface area contributed by atoms with Crippen LogP contribution in [0.3, 0.4) is 0 Å². The van der Waals surface area contributed by atoms with Gasteiger partial charge in [-0.15, -0.1) is 0 Å². The Bertz CT molecular complexity index is 390. The molecule has 3 atom stereocenters. The van der Waals surface area contributed by atoms with Gasteiger partial charge in [-0.2, -0.15) is 0 Å². The minimum absolute atomic E-state index is 0.0219. The quantitative estimate of drug-likeness (QED) is 0.867. The van der Waals surface area contributed by atoms with Crippen LogP contribution in [-0.2, 0) is 4.79 Å². The molecule has 1 heterocycles. The van der Waals surface area contributed by atoms with Gasteiger partial charge in [-0.25, -0.2) is 0 Å². The molecule has 1 N–H and O–H groups in total. The maximum Gasteiger partial charge on any atom is 0.241 e. The molecule has 3 nitrogen and oxygen atoms in total. The van der Waals surface area contributed by atoms with E-state index in [2.05, 4.69) is 31.3 Å². The number of nitrogens with one attached hydrogen (secondary N) is 1. The predicted octanol–water partition coefficient (Wildman–Crippen LogP) is 2.30. The van der Waals surface area contributed by atoms with Crippen molar-refractivity contribution in [2.75, 3.05) is 0 Å². The molecule has 0 radical (unpaired) electrons. The number of carbonyl (C=O) groups excluding carboxylic acids is 1. The zero-order valence-electron chi connectivity index (χ0n) is 10.7. The number of hydrogen-bond donors (Lipinski definition) is 1. The van der Waals surface area contributed by atoms with E-state index in [9.17, 15) is 4.79 Å². The van der Waals surface area contributed by atoms with Crippen molar-refractivity contribution in [2.45, 2.75) is 45.4 Å². The lowest BCUT2D eigenvalue weighted by molar-refractivity contribution is -0.131. The Labute approximate surface area is 103 Å². The molecule has 0 aromatic heterocycles. The molecule has 17 heavy (non-hydrogen) atoms. The van der Waals surface area contributed by atoms with Crippen molar-refractivity contribution in [2.24, 2.45) is 0 Å². The van der Waals surface area contributed by atoms with E-state index in [4.69, 9.17) is 0 Å². The Morgan fingerprint density at radius 3 is 2.59 bits per heavy atom. The van der Waals surface area contributed by atoms with Crippen LogP contribution in [0.25, 0.3) is 0 Å². The van der Waals surface area contributed by atoms with Gasteiger partial charge in [0.15, 0.2) is 0 Å². The fourth-order valence-electron chi connectivity index (χ4n) is 2.30. The first-order chi connectivity index (χ1) is 8.15. The lowest BCUT2D eigenvalue weighted by Gasteiger charge is -2.30. The zero-order valence-corrected chi connectivity index (χ0v) is 10.7. The summed E-state index contributed by atoms with van der Waals surface area (Å²) in [6, 6.07) is 10.3. The second-order valence-electron chi connectivity index (χ2n) is 4.70. The third-order valence-corrected chi connectivity index (χ3v) is 3.49. The minimum Gasteiger partial charge on any atom is -0.319 e. The van der Waals surface area contributed by atoms with Gasteiger partial charge in [-0.3, -0.25) is 10.1 Å². The molecule has 1 amide bonds. The van der Waals surface area contributed by atoms with E-state index < -0.39 is 0 Å². The van der Waals surface area contributed by atoms with E-state index in [1.807, 2.05) is 30.0 Å². The maximum atomic E-state index is 12.2. The zero-order chi connectivity index (χ0) is 12.4. The number of rotatable bonds is 3. The molecule has 1 fully saturated rings. The van der Waals surface area contributed by atoms with Gasteiger partial charge >= 0.3 is 0 Å². The highest BCUT2D eigenvalue weighted by Gasteiger charge is 2.38. The van der Waals surface area contributed by atoms with Gasteiger partial charge in [0.05, 0.1) is 6.04 Å². The second kappa shape index (κ2) is 4.88. The standard InChI is InChI=1S/C14H20N2O/c1-4-10(2)16-13(15-11(3)14(16)17)12-8-6-5-7-9-12/h5-11,13,15H,4H2,1-3H3. The molecule has 1 aliphatic heterocycles. The molecule has 2 rings (SSSR count). The molecule has 3 unspecified atom stereocenters. The summed E-state index contributed by atoms with van der Waals surface area (Å²) < 4.78 is 0. The smallest absolute Gasteiger partial charge is 0.241 e. The lowest BCUT2D eigenvalue weighted by Crippen LogP contribution is -2.37. The Morgan fingerprint density at radius 1 is 1.35 bits per heavy atom. The highest BCUT2D eigenvalue weighted by Crippen LogP contribution is 2.28. The molecule has 0 saturated carbocycles. The summed E-state index contributed by atoms with van der Waals surface area (Å²) in [7, 11) is 0. The topological polar surface area (TPSA) is 32.3 Å². The van der Waals surface area contributed by atoms with Crippen LogP contribution in [0.15, 0.2) is 30.3 Å². The fourth-order valence-corrected chi connectivity index (χ4v) is 2.30. The summed E-state index contributed by atoms with van der Waals surface area (Å²) in [5.74, 6) is 0.202. The first-order valence-electron chi connectivity index (χ1n) is 6.28. The van der Waals surface area contributed by atoms with Gasteiger partial charge < -0.3 is 4.90 Å². The van der Waals surface area contributed by atoms with Crippen molar-refractivity contribution in [3.63, 3.8) is 0 Å². The molecule has 0 spiro atoms. The van der Waals surface area contributed by atoms with Crippen molar-refractivity contribution in [3.05, 3.63) is 35.9 Å². The van der Waals surface area contributed by atoms with Crippen molar-refractivity contribution in [1.82, 2.24) is 10.2 Å². The van der Waals surface area contributed by atoms with Crippen LogP contribution in [0.4, 0.5) is 0 Å². The summed E-state index contributed by atoms with van der Waals surface area (Å²) in [5, 5.41) is 3.36. The third-order valence-electron chi connectivity index (χ3n) is 3.49. The fraction of sp³-hybridized carbons (Fsp3) is 0.500. The van der Waals surface area contributed by atoms with Gasteiger partial charge in [-0.1, -0.05) is 37.3 Å². The number of amides is 1. The molecule has 1 saturated heterocycles. The Hall–Kier alpha value is -1.35. The molecule has 0 aliphatic carbocycles. The van der Waals surface area contributed by atoms with Crippen molar-refractivity contribution in [1.29, 1.82) is 0 Å². The van der Waals surface area contributed by atoms with Crippen LogP contribution >= 0.6 is 0 Å². The van der Waals surface area contributed by atoms with Crippen molar-refractivity contribution >= 4 is 5.91 Å². The first kappa shape index (κ1) is 12.1. The molecule has 1 aromatic carbocycles. The van der Waals surface area contributed by atoms with E-state index in [1.54, 1.807) is 0 Å². The van der Waals surface area contributed by atoms with Gasteiger partial charge in [0.25, 0.3) is 0 Å². The second-order valence-corrected chi connectivity index (χ2v) is 4.70. The SMILES string of the molecule is CCC(C)N1C(=O)C(C)NC1c1ccccc1. The number of nitrogens with zero attached hydrogens (tertiary/aromatic N) is 1. The largest absolute Gasteiger partial charge is 0.319 e. The van der Waals surface area contributed by atoms with Gasteiger partial charge in [0.1, 0.15) is 6.17 Å². The van der Waals surface area contributed by atoms with Gasteiger partial charge in [0, 0.05) is 6.04 Å². The Balaban J connectivity index is 2.30. The van der Waals surface area contributed by atoms with E-state index in [1.165, 1.54) is 0 Å². The average molecular weight is 232 g/mol. The molecule has 3 heteroatoms. The van der Waals surface area contributed by atoms with Crippen LogP contribution in [-0.4, -0.2) is 22.9 Å². The van der Waals surface area contributed by atoms with Crippen molar-refractivity contribution < 1.29 is 4.79 Å². The van der Waals surface area contributed by atoms with Crippen molar-refractivity contribution in [3.8, 4) is 0 Å². The number of carbonyl (C=O) groups is 1. The molecular formula is C14H20N2O. The van der Waals surface area contributed by atoms with Crippen LogP contribution < -0.4 is 5.32 Å². The van der Waals surface area contributed by atoms with E-state index in [0.717, 1.165) is 12.0 Å². The van der Waals surface area contributed by atoms with Gasteiger partial charge in [0.2, 0.25) is 5.91 Å². The monoisotopic (exact) mass is 232 g/mol. The van der Waals surface area contributed by atoms with Crippen LogP contribution in [0, 0.1) is 0 Å². The molecule has 0 bridgehead atoms. The van der Waals surface area contributed by atoms with E-state index in [0.29, 0.717) is 0 Å². The molecular weight excluding hydrogens is 212 g/mol. The maximum absolute atomic E-state index is 12.2. The summed E-state index contributed by atoms with van der Waals surface area (Å²) in [5.41, 5.74) is 1.16. The average Bonchev–Trinajstić information content (AvgIpc) is 2.66. The highest BCUT2D eigenvalue weighted by molar-refractivity contribution is 5.84. The van der Waals surface area contributed by atoms with Crippen LogP contribution in [0.5, 0.6) is 0 Å². The number of benzene rings is 1. The number of hydrogen-bond acceptors (Lipinski definition) is 2. The first-order valence-corrected chi connectivity index (χ1v) is 6.28. The Morgan fingerprint density at radius 2 is 2.00 bits per heavy atom. The normalized spacial score (nSPS) is 26.3. The van der Waals surface area contributed by atoms with Gasteiger partial charge in [-0.05, 0) is 25.8 Å². The summed E-state index contributed by atoms with van der Waals surface area (Å²) in [4.78, 5) is 14.1. The minimum atomic E-state index is -0.0887.